The fraction of sp³-hybridized carbons (Fsp3) is 0.364. The molecule has 41 heavy (non-hydrogen) atoms. The summed E-state index contributed by atoms with van der Waals surface area (Å²) >= 11 is 0. The van der Waals surface area contributed by atoms with Crippen LogP contribution in [0.4, 0.5) is 4.39 Å². The zero-order valence-corrected chi connectivity index (χ0v) is 23.5. The minimum Gasteiger partial charge on any atom is -0.494 e. The summed E-state index contributed by atoms with van der Waals surface area (Å²) < 4.78 is 25.5. The third kappa shape index (κ3) is 5.42. The summed E-state index contributed by atoms with van der Waals surface area (Å²) in [5.74, 6) is 0.731. The lowest BCUT2D eigenvalue weighted by Crippen LogP contribution is -2.38. The Hall–Kier alpha value is -3.88. The first-order chi connectivity index (χ1) is 19.7. The van der Waals surface area contributed by atoms with Crippen molar-refractivity contribution in [3.8, 4) is 22.8 Å². The fourth-order valence-corrected chi connectivity index (χ4v) is 5.42. The van der Waals surface area contributed by atoms with Crippen molar-refractivity contribution in [3.05, 3.63) is 83.4 Å². The molecule has 0 radical (unpaired) electrons. The van der Waals surface area contributed by atoms with Crippen LogP contribution >= 0.6 is 0 Å². The molecule has 0 amide bonds. The number of hydrogen-bond acceptors (Lipinski definition) is 7. The number of halogens is 1. The van der Waals surface area contributed by atoms with Crippen LogP contribution in [0.1, 0.15) is 61.1 Å². The van der Waals surface area contributed by atoms with E-state index >= 15 is 0 Å². The molecule has 3 heterocycles. The number of nitrogens with zero attached hydrogens (tertiary/aromatic N) is 2. The first-order valence-electron chi connectivity index (χ1n) is 14.0. The van der Waals surface area contributed by atoms with Gasteiger partial charge in [0.25, 0.3) is 0 Å². The van der Waals surface area contributed by atoms with Crippen molar-refractivity contribution in [2.75, 3.05) is 20.3 Å². The van der Waals surface area contributed by atoms with Crippen LogP contribution in [0.2, 0.25) is 0 Å². The molecule has 1 aliphatic heterocycles. The maximum absolute atomic E-state index is 13.8. The van der Waals surface area contributed by atoms with Crippen LogP contribution in [0.15, 0.2) is 60.8 Å². The van der Waals surface area contributed by atoms with E-state index in [0.717, 1.165) is 17.5 Å². The highest BCUT2D eigenvalue weighted by atomic mass is 19.1. The standard InChI is InChI=1S/C33H34FN3O4/c1-32(18-36-24-10-11-24)19-41-31-25(32)17-28(37-30(31)20-6-8-23(34)9-7-20)33(2,39)13-12-26(38)22-15-21-5-4-14-35-29(21)27(16-22)40-3/h4-9,14-17,24,36,39H,10-13,18-19H2,1-3H3/t32-,33-/m0/s1. The number of aliphatic hydroxyl groups is 1. The first-order valence-corrected chi connectivity index (χ1v) is 14.0. The molecule has 1 aliphatic carbocycles. The average Bonchev–Trinajstić information content (AvgIpc) is 3.76. The van der Waals surface area contributed by atoms with Crippen LogP contribution in [0.3, 0.4) is 0 Å². The number of pyridine rings is 2. The van der Waals surface area contributed by atoms with E-state index in [1.165, 1.54) is 25.0 Å². The van der Waals surface area contributed by atoms with Gasteiger partial charge in [-0.1, -0.05) is 13.0 Å². The summed E-state index contributed by atoms with van der Waals surface area (Å²) in [5, 5.41) is 16.2. The Balaban J connectivity index is 1.31. The zero-order valence-electron chi connectivity index (χ0n) is 23.5. The number of rotatable bonds is 10. The molecule has 2 aromatic heterocycles. The van der Waals surface area contributed by atoms with Crippen LogP contribution in [0, 0.1) is 5.82 Å². The Morgan fingerprint density at radius 3 is 2.73 bits per heavy atom. The van der Waals surface area contributed by atoms with Crippen molar-refractivity contribution in [3.63, 3.8) is 0 Å². The van der Waals surface area contributed by atoms with Crippen LogP contribution in [-0.2, 0) is 11.0 Å². The van der Waals surface area contributed by atoms with Gasteiger partial charge in [0.2, 0.25) is 0 Å². The van der Waals surface area contributed by atoms with E-state index in [4.69, 9.17) is 14.5 Å². The number of benzene rings is 2. The number of ether oxygens (including phenoxy) is 2. The first kappa shape index (κ1) is 27.3. The predicted molar refractivity (Wildman–Crippen MR) is 155 cm³/mol. The summed E-state index contributed by atoms with van der Waals surface area (Å²) in [7, 11) is 1.55. The molecule has 1 saturated carbocycles. The van der Waals surface area contributed by atoms with Gasteiger partial charge >= 0.3 is 0 Å². The van der Waals surface area contributed by atoms with E-state index < -0.39 is 5.60 Å². The van der Waals surface area contributed by atoms with E-state index in [9.17, 15) is 14.3 Å². The van der Waals surface area contributed by atoms with Crippen LogP contribution in [0.25, 0.3) is 22.2 Å². The number of carbonyl (C=O) groups excluding carboxylic acids is 1. The highest BCUT2D eigenvalue weighted by molar-refractivity contribution is 6.01. The second kappa shape index (κ2) is 10.5. The topological polar surface area (TPSA) is 93.6 Å². The quantitative estimate of drug-likeness (QED) is 0.242. The van der Waals surface area contributed by atoms with Gasteiger partial charge in [0.1, 0.15) is 34.1 Å². The largest absolute Gasteiger partial charge is 0.494 e. The number of ketones is 1. The summed E-state index contributed by atoms with van der Waals surface area (Å²) in [6.07, 6.45) is 4.30. The van der Waals surface area contributed by atoms with Crippen molar-refractivity contribution in [2.24, 2.45) is 0 Å². The Kier molecular flexibility index (Phi) is 6.99. The molecule has 212 valence electrons. The average molecular weight is 556 g/mol. The molecule has 2 N–H and O–H groups in total. The van der Waals surface area contributed by atoms with Crippen molar-refractivity contribution in [2.45, 2.75) is 56.6 Å². The summed E-state index contributed by atoms with van der Waals surface area (Å²) in [5.41, 5.74) is 2.12. The molecular formula is C33H34FN3O4. The van der Waals surface area contributed by atoms with E-state index in [0.29, 0.717) is 52.2 Å². The van der Waals surface area contributed by atoms with Crippen molar-refractivity contribution in [1.82, 2.24) is 15.3 Å². The smallest absolute Gasteiger partial charge is 0.163 e. The third-order valence-corrected chi connectivity index (χ3v) is 8.24. The van der Waals surface area contributed by atoms with E-state index in [2.05, 4.69) is 17.2 Å². The zero-order chi connectivity index (χ0) is 28.8. The monoisotopic (exact) mass is 555 g/mol. The van der Waals surface area contributed by atoms with Crippen molar-refractivity contribution in [1.29, 1.82) is 0 Å². The number of methoxy groups -OCH3 is 1. The van der Waals surface area contributed by atoms with Crippen LogP contribution < -0.4 is 14.8 Å². The highest BCUT2D eigenvalue weighted by Crippen LogP contribution is 2.46. The minimum absolute atomic E-state index is 0.101. The SMILES string of the molecule is COc1cc(C(=O)CC[C@](C)(O)c2cc3c(c(-c4ccc(F)cc4)n2)OC[C@]3(C)CNC2CC2)cc2cccnc12. The lowest BCUT2D eigenvalue weighted by molar-refractivity contribution is 0.0396. The minimum atomic E-state index is -1.41. The highest BCUT2D eigenvalue weighted by Gasteiger charge is 2.41. The Morgan fingerprint density at radius 1 is 1.22 bits per heavy atom. The van der Waals surface area contributed by atoms with Crippen molar-refractivity contribution < 1.29 is 23.8 Å². The lowest BCUT2D eigenvalue weighted by Gasteiger charge is -2.27. The summed E-state index contributed by atoms with van der Waals surface area (Å²) in [6.45, 7) is 5.04. The lowest BCUT2D eigenvalue weighted by atomic mass is 9.82. The Labute approximate surface area is 238 Å². The van der Waals surface area contributed by atoms with Gasteiger partial charge in [-0.15, -0.1) is 0 Å². The fourth-order valence-electron chi connectivity index (χ4n) is 5.42. The van der Waals surface area contributed by atoms with E-state index in [1.807, 2.05) is 18.2 Å². The third-order valence-electron chi connectivity index (χ3n) is 8.24. The Bertz CT molecular complexity index is 1620. The second-order valence-electron chi connectivity index (χ2n) is 11.7. The van der Waals surface area contributed by atoms with Gasteiger partial charge in [-0.25, -0.2) is 9.37 Å². The molecule has 8 heteroatoms. The van der Waals surface area contributed by atoms with Gasteiger partial charge in [-0.3, -0.25) is 9.78 Å². The number of Topliss-reactive ketones (excluding diaryl/α,β-unsaturated/α-hetero) is 1. The number of nitrogens with one attached hydrogen (secondary N) is 1. The molecular weight excluding hydrogens is 521 g/mol. The van der Waals surface area contributed by atoms with Gasteiger partial charge in [-0.2, -0.15) is 0 Å². The Morgan fingerprint density at radius 2 is 2.00 bits per heavy atom. The maximum atomic E-state index is 13.8. The molecule has 7 nitrogen and oxygen atoms in total. The van der Waals surface area contributed by atoms with Gasteiger partial charge in [0, 0.05) is 52.7 Å². The van der Waals surface area contributed by atoms with Gasteiger partial charge in [0.15, 0.2) is 5.78 Å². The van der Waals surface area contributed by atoms with Gasteiger partial charge < -0.3 is 19.9 Å². The number of carbonyl (C=O) groups is 1. The van der Waals surface area contributed by atoms with E-state index in [-0.39, 0.29) is 29.9 Å². The predicted octanol–water partition coefficient (Wildman–Crippen LogP) is 5.72. The van der Waals surface area contributed by atoms with Crippen LogP contribution in [-0.4, -0.2) is 47.2 Å². The second-order valence-corrected chi connectivity index (χ2v) is 11.7. The molecule has 0 unspecified atom stereocenters. The molecule has 4 aromatic rings. The number of hydrogen-bond donors (Lipinski definition) is 2. The van der Waals surface area contributed by atoms with Gasteiger partial charge in [-0.05, 0) is 74.7 Å². The molecule has 0 saturated heterocycles. The number of fused-ring (bicyclic) bond motifs is 2. The number of aromatic nitrogens is 2. The molecule has 6 rings (SSSR count). The molecule has 2 atom stereocenters. The van der Waals surface area contributed by atoms with E-state index in [1.54, 1.807) is 44.5 Å². The molecule has 1 fully saturated rings. The molecule has 2 aromatic carbocycles. The van der Waals surface area contributed by atoms with Crippen LogP contribution in [0.5, 0.6) is 11.5 Å². The summed E-state index contributed by atoms with van der Waals surface area (Å²) in [4.78, 5) is 22.5. The normalized spacial score (nSPS) is 19.4. The molecule has 0 spiro atoms. The molecule has 2 aliphatic rings. The summed E-state index contributed by atoms with van der Waals surface area (Å²) in [6, 6.07) is 15.8. The molecule has 0 bridgehead atoms. The van der Waals surface area contributed by atoms with Gasteiger partial charge in [0.05, 0.1) is 19.4 Å². The maximum Gasteiger partial charge on any atom is 0.163 e. The van der Waals surface area contributed by atoms with Crippen molar-refractivity contribution >= 4 is 16.7 Å².